The molecule has 1 aromatic carbocycles. The molecular formula is C15H20FNO3. The predicted molar refractivity (Wildman–Crippen MR) is 72.4 cm³/mol. The molecule has 1 aliphatic carbocycles. The summed E-state index contributed by atoms with van der Waals surface area (Å²) >= 11 is 0. The molecule has 5 heteroatoms. The molecule has 0 heterocycles. The molecule has 0 spiro atoms. The third kappa shape index (κ3) is 3.35. The van der Waals surface area contributed by atoms with Crippen LogP contribution in [0.15, 0.2) is 24.3 Å². The highest BCUT2D eigenvalue weighted by atomic mass is 19.1. The lowest BCUT2D eigenvalue weighted by molar-refractivity contribution is -0.146. The van der Waals surface area contributed by atoms with E-state index in [1.165, 1.54) is 12.1 Å². The van der Waals surface area contributed by atoms with Crippen molar-refractivity contribution in [3.05, 3.63) is 35.6 Å². The van der Waals surface area contributed by atoms with Crippen LogP contribution >= 0.6 is 0 Å². The standard InChI is InChI=1S/C15H20FNO3/c1-10(11-2-4-12(16)5-3-11)17-14(19)15(20)8-6-13(18)7-9-15/h2-5,10,13,18,20H,6-9H2,1H3,(H,17,19)/t10-,13?,15?/m1/s1. The van der Waals surface area contributed by atoms with E-state index in [0.717, 1.165) is 5.56 Å². The number of carbonyl (C=O) groups excluding carboxylic acids is 1. The van der Waals surface area contributed by atoms with Crippen molar-refractivity contribution in [3.63, 3.8) is 0 Å². The zero-order valence-corrected chi connectivity index (χ0v) is 11.5. The maximum absolute atomic E-state index is 12.9. The minimum Gasteiger partial charge on any atom is -0.393 e. The first-order valence-corrected chi connectivity index (χ1v) is 6.87. The lowest BCUT2D eigenvalue weighted by atomic mass is 9.82. The number of aliphatic hydroxyl groups excluding tert-OH is 1. The van der Waals surface area contributed by atoms with E-state index < -0.39 is 17.6 Å². The Bertz CT molecular complexity index is 467. The number of hydrogen-bond donors (Lipinski definition) is 3. The van der Waals surface area contributed by atoms with E-state index in [4.69, 9.17) is 0 Å². The lowest BCUT2D eigenvalue weighted by Gasteiger charge is -2.33. The summed E-state index contributed by atoms with van der Waals surface area (Å²) in [5.41, 5.74) is -0.632. The molecule has 3 N–H and O–H groups in total. The van der Waals surface area contributed by atoms with Gasteiger partial charge in [-0.1, -0.05) is 12.1 Å². The van der Waals surface area contributed by atoms with Crippen molar-refractivity contribution in [1.29, 1.82) is 0 Å². The summed E-state index contributed by atoms with van der Waals surface area (Å²) in [5, 5.41) is 22.5. The van der Waals surface area contributed by atoms with Gasteiger partial charge in [-0.15, -0.1) is 0 Å². The average molecular weight is 281 g/mol. The van der Waals surface area contributed by atoms with Crippen LogP contribution in [0.5, 0.6) is 0 Å². The molecule has 1 aliphatic rings. The molecule has 20 heavy (non-hydrogen) atoms. The Morgan fingerprint density at radius 3 is 2.45 bits per heavy atom. The molecule has 1 saturated carbocycles. The van der Waals surface area contributed by atoms with Gasteiger partial charge in [0, 0.05) is 0 Å². The minimum absolute atomic E-state index is 0.260. The van der Waals surface area contributed by atoms with E-state index in [9.17, 15) is 19.4 Å². The molecule has 0 unspecified atom stereocenters. The molecule has 2 rings (SSSR count). The van der Waals surface area contributed by atoms with Gasteiger partial charge in [0.25, 0.3) is 5.91 Å². The topological polar surface area (TPSA) is 69.6 Å². The number of hydrogen-bond acceptors (Lipinski definition) is 3. The monoisotopic (exact) mass is 281 g/mol. The van der Waals surface area contributed by atoms with Crippen LogP contribution in [0.25, 0.3) is 0 Å². The molecule has 0 radical (unpaired) electrons. The molecule has 0 aliphatic heterocycles. The molecule has 1 amide bonds. The van der Waals surface area contributed by atoms with Gasteiger partial charge in [0.1, 0.15) is 11.4 Å². The second kappa shape index (κ2) is 5.89. The van der Waals surface area contributed by atoms with Crippen LogP contribution in [-0.4, -0.2) is 27.8 Å². The Labute approximate surface area is 117 Å². The molecule has 0 aromatic heterocycles. The largest absolute Gasteiger partial charge is 0.393 e. The van der Waals surface area contributed by atoms with Crippen LogP contribution in [0.3, 0.4) is 0 Å². The zero-order valence-electron chi connectivity index (χ0n) is 11.5. The quantitative estimate of drug-likeness (QED) is 0.789. The molecule has 0 saturated heterocycles. The van der Waals surface area contributed by atoms with Gasteiger partial charge >= 0.3 is 0 Å². The van der Waals surface area contributed by atoms with E-state index in [1.54, 1.807) is 19.1 Å². The highest BCUT2D eigenvalue weighted by Crippen LogP contribution is 2.29. The summed E-state index contributed by atoms with van der Waals surface area (Å²) < 4.78 is 12.9. The maximum atomic E-state index is 12.9. The van der Waals surface area contributed by atoms with Crippen molar-refractivity contribution in [2.24, 2.45) is 0 Å². The number of carbonyl (C=O) groups is 1. The lowest BCUT2D eigenvalue weighted by Crippen LogP contribution is -2.50. The number of aliphatic hydroxyl groups is 2. The first kappa shape index (κ1) is 14.9. The van der Waals surface area contributed by atoms with Gasteiger partial charge < -0.3 is 15.5 Å². The van der Waals surface area contributed by atoms with Crippen molar-refractivity contribution in [1.82, 2.24) is 5.32 Å². The first-order chi connectivity index (χ1) is 9.40. The summed E-state index contributed by atoms with van der Waals surface area (Å²) in [4.78, 5) is 12.2. The molecule has 0 bridgehead atoms. The molecule has 1 aromatic rings. The van der Waals surface area contributed by atoms with Crippen LogP contribution < -0.4 is 5.32 Å². The fraction of sp³-hybridized carbons (Fsp3) is 0.533. The van der Waals surface area contributed by atoms with Crippen LogP contribution in [0.1, 0.15) is 44.2 Å². The number of halogens is 1. The normalized spacial score (nSPS) is 27.9. The number of benzene rings is 1. The summed E-state index contributed by atoms with van der Waals surface area (Å²) in [7, 11) is 0. The summed E-state index contributed by atoms with van der Waals surface area (Å²) in [6.07, 6.45) is 0.938. The molecular weight excluding hydrogens is 261 g/mol. The molecule has 1 atom stereocenters. The fourth-order valence-electron chi connectivity index (χ4n) is 2.47. The van der Waals surface area contributed by atoms with Crippen LogP contribution in [0.4, 0.5) is 4.39 Å². The first-order valence-electron chi connectivity index (χ1n) is 6.87. The van der Waals surface area contributed by atoms with Gasteiger partial charge in [-0.2, -0.15) is 0 Å². The molecule has 110 valence electrons. The third-order valence-electron chi connectivity index (χ3n) is 3.92. The van der Waals surface area contributed by atoms with Gasteiger partial charge in [-0.3, -0.25) is 4.79 Å². The third-order valence-corrected chi connectivity index (χ3v) is 3.92. The highest BCUT2D eigenvalue weighted by molar-refractivity contribution is 5.85. The zero-order chi connectivity index (χ0) is 14.8. The Hall–Kier alpha value is -1.46. The van der Waals surface area contributed by atoms with Crippen molar-refractivity contribution in [2.45, 2.75) is 50.4 Å². The van der Waals surface area contributed by atoms with Gasteiger partial charge in [0.15, 0.2) is 0 Å². The fourth-order valence-corrected chi connectivity index (χ4v) is 2.47. The smallest absolute Gasteiger partial charge is 0.252 e. The molecule has 1 fully saturated rings. The number of amides is 1. The number of nitrogens with one attached hydrogen (secondary N) is 1. The van der Waals surface area contributed by atoms with Crippen molar-refractivity contribution >= 4 is 5.91 Å². The van der Waals surface area contributed by atoms with Crippen LogP contribution in [-0.2, 0) is 4.79 Å². The van der Waals surface area contributed by atoms with Crippen LogP contribution in [0, 0.1) is 5.82 Å². The Morgan fingerprint density at radius 1 is 1.35 bits per heavy atom. The van der Waals surface area contributed by atoms with Gasteiger partial charge in [-0.25, -0.2) is 4.39 Å². The van der Waals surface area contributed by atoms with Crippen LogP contribution in [0.2, 0.25) is 0 Å². The van der Waals surface area contributed by atoms with Gasteiger partial charge in [0.05, 0.1) is 12.1 Å². The Balaban J connectivity index is 1.98. The second-order valence-electron chi connectivity index (χ2n) is 5.51. The Kier molecular flexibility index (Phi) is 4.40. The van der Waals surface area contributed by atoms with E-state index in [-0.39, 0.29) is 24.7 Å². The van der Waals surface area contributed by atoms with Gasteiger partial charge in [-0.05, 0) is 50.3 Å². The summed E-state index contributed by atoms with van der Waals surface area (Å²) in [5.74, 6) is -0.756. The molecule has 4 nitrogen and oxygen atoms in total. The van der Waals surface area contributed by atoms with Crippen molar-refractivity contribution in [2.75, 3.05) is 0 Å². The highest BCUT2D eigenvalue weighted by Gasteiger charge is 2.39. The van der Waals surface area contributed by atoms with E-state index in [1.807, 2.05) is 0 Å². The maximum Gasteiger partial charge on any atom is 0.252 e. The van der Waals surface area contributed by atoms with Gasteiger partial charge in [0.2, 0.25) is 0 Å². The predicted octanol–water partition coefficient (Wildman–Crippen LogP) is 1.67. The summed E-state index contributed by atoms with van der Waals surface area (Å²) in [6.45, 7) is 1.78. The Morgan fingerprint density at radius 2 is 1.90 bits per heavy atom. The van der Waals surface area contributed by atoms with E-state index in [0.29, 0.717) is 12.8 Å². The van der Waals surface area contributed by atoms with E-state index >= 15 is 0 Å². The summed E-state index contributed by atoms with van der Waals surface area (Å²) in [6, 6.07) is 5.58. The van der Waals surface area contributed by atoms with E-state index in [2.05, 4.69) is 5.32 Å². The van der Waals surface area contributed by atoms with Crippen molar-refractivity contribution < 1.29 is 19.4 Å². The average Bonchev–Trinajstić information content (AvgIpc) is 2.43. The minimum atomic E-state index is -1.41. The number of rotatable bonds is 3. The second-order valence-corrected chi connectivity index (χ2v) is 5.51. The SMILES string of the molecule is C[C@@H](NC(=O)C1(O)CCC(O)CC1)c1ccc(F)cc1. The van der Waals surface area contributed by atoms with Crippen molar-refractivity contribution in [3.8, 4) is 0 Å².